The zero-order chi connectivity index (χ0) is 37.5. The molecule has 6 rings (SSSR count). The Hall–Kier alpha value is -4.72. The van der Waals surface area contributed by atoms with E-state index in [1.54, 1.807) is 6.07 Å². The molecule has 288 valence electrons. The number of amides is 3. The second kappa shape index (κ2) is 18.5. The summed E-state index contributed by atoms with van der Waals surface area (Å²) in [5, 5.41) is 22.4. The molecule has 2 fully saturated rings. The van der Waals surface area contributed by atoms with Crippen LogP contribution in [0.15, 0.2) is 60.7 Å². The van der Waals surface area contributed by atoms with Crippen LogP contribution in [0, 0.1) is 24.6 Å². The number of nitrogens with zero attached hydrogens (tertiary/aromatic N) is 4. The Morgan fingerprint density at radius 2 is 1.63 bits per heavy atom. The van der Waals surface area contributed by atoms with Gasteiger partial charge in [0.2, 0.25) is 17.6 Å². The largest absolute Gasteiger partial charge is 0.349 e. The Kier molecular flexibility index (Phi) is 13.9. The van der Waals surface area contributed by atoms with Crippen molar-refractivity contribution in [1.82, 2.24) is 36.2 Å². The van der Waals surface area contributed by atoms with Gasteiger partial charge in [0.25, 0.3) is 5.91 Å². The number of rotatable bonds is 12. The number of H-pyrrole nitrogens is 1. The fourth-order valence-electron chi connectivity index (χ4n) is 7.63. The zero-order valence-corrected chi connectivity index (χ0v) is 31.9. The van der Waals surface area contributed by atoms with Crippen LogP contribution in [0.25, 0.3) is 22.5 Å². The fourth-order valence-corrected chi connectivity index (χ4v) is 7.63. The number of aromatic nitrogens is 4. The third-order valence-corrected chi connectivity index (χ3v) is 11.0. The van der Waals surface area contributed by atoms with E-state index in [9.17, 15) is 18.8 Å². The van der Waals surface area contributed by atoms with Gasteiger partial charge in [0.1, 0.15) is 11.9 Å². The number of carbonyl (C=O) groups is 3. The smallest absolute Gasteiger partial charge is 0.251 e. The summed E-state index contributed by atoms with van der Waals surface area (Å²) in [7, 11) is 4.22. The van der Waals surface area contributed by atoms with Crippen molar-refractivity contribution in [2.24, 2.45) is 17.6 Å². The van der Waals surface area contributed by atoms with E-state index in [1.165, 1.54) is 12.1 Å². The van der Waals surface area contributed by atoms with Crippen LogP contribution < -0.4 is 21.7 Å². The van der Waals surface area contributed by atoms with Gasteiger partial charge in [0.05, 0.1) is 5.56 Å². The Morgan fingerprint density at radius 1 is 0.926 bits per heavy atom. The fraction of sp³-hybridized carbons (Fsp3) is 0.450. The van der Waals surface area contributed by atoms with Gasteiger partial charge >= 0.3 is 0 Å². The summed E-state index contributed by atoms with van der Waals surface area (Å²) in [4.78, 5) is 42.5. The third kappa shape index (κ3) is 10.1. The van der Waals surface area contributed by atoms with Crippen LogP contribution >= 0.6 is 12.4 Å². The van der Waals surface area contributed by atoms with Gasteiger partial charge in [-0.2, -0.15) is 5.21 Å². The Balaban J connectivity index is 0.00000561. The summed E-state index contributed by atoms with van der Waals surface area (Å²) in [5.41, 5.74) is 10.7. The van der Waals surface area contributed by atoms with Crippen LogP contribution in [0.2, 0.25) is 0 Å². The topological polar surface area (TPSA) is 171 Å². The molecule has 1 atom stereocenters. The van der Waals surface area contributed by atoms with E-state index in [1.807, 2.05) is 49.4 Å². The van der Waals surface area contributed by atoms with Crippen LogP contribution in [-0.2, 0) is 16.0 Å². The minimum Gasteiger partial charge on any atom is -0.349 e. The molecule has 3 amide bonds. The molecule has 3 aromatic carbocycles. The van der Waals surface area contributed by atoms with Gasteiger partial charge in [-0.05, 0) is 143 Å². The highest BCUT2D eigenvalue weighted by molar-refractivity contribution is 5.98. The van der Waals surface area contributed by atoms with Crippen LogP contribution in [0.1, 0.15) is 72.9 Å². The number of hydrogen-bond donors (Lipinski definition) is 5. The maximum Gasteiger partial charge on any atom is 0.251 e. The molecular weight excluding hydrogens is 709 g/mol. The van der Waals surface area contributed by atoms with E-state index >= 15 is 0 Å². The second-order valence-electron chi connectivity index (χ2n) is 14.8. The van der Waals surface area contributed by atoms with Gasteiger partial charge < -0.3 is 26.6 Å². The summed E-state index contributed by atoms with van der Waals surface area (Å²) in [6.45, 7) is 2.60. The molecule has 2 aliphatic rings. The maximum atomic E-state index is 14.9. The van der Waals surface area contributed by atoms with Gasteiger partial charge in [-0.25, -0.2) is 4.39 Å². The molecule has 12 nitrogen and oxygen atoms in total. The van der Waals surface area contributed by atoms with Gasteiger partial charge in [-0.15, -0.1) is 22.6 Å². The van der Waals surface area contributed by atoms with Crippen molar-refractivity contribution in [1.29, 1.82) is 0 Å². The first-order chi connectivity index (χ1) is 25.6. The monoisotopic (exact) mass is 759 g/mol. The van der Waals surface area contributed by atoms with E-state index in [4.69, 9.17) is 5.73 Å². The second-order valence-corrected chi connectivity index (χ2v) is 14.8. The Morgan fingerprint density at radius 3 is 2.24 bits per heavy atom. The Labute approximate surface area is 322 Å². The number of nitrogens with one attached hydrogen (secondary N) is 4. The SMILES string of the molecule is Cc1cc(C(=O)NC2CCC(N(C)C)CC2)ccc1-c1ccc(C[C@H](NC(=O)[C@H]2CC[C@H](CN)CC2)C(=O)Nc2ccc(-c3nn[nH]n3)c(F)c2)cc1.Cl. The summed E-state index contributed by atoms with van der Waals surface area (Å²) in [6.07, 6.45) is 7.54. The standard InChI is InChI=1S/C40H50FN9O3.ClH/c1-24-20-29(39(52)43-30-13-16-32(17-14-30)50(2)3)12-18-33(24)27-8-4-25(5-9-27)21-36(45-38(51)28-10-6-26(23-42)7-11-28)40(53)44-31-15-19-34(35(41)22-31)37-46-48-49-47-37;/h4-5,8-9,12,15,18-20,22,26,28,30,32,36H,6-7,10-11,13-14,16-17,21,23,42H2,1-3H3,(H,43,52)(H,44,53)(H,45,51)(H,46,47,48,49);1H/t26-,28-,30?,32?,36-;/m0./s1. The summed E-state index contributed by atoms with van der Waals surface area (Å²) in [6, 6.07) is 17.7. The van der Waals surface area contributed by atoms with Crippen LogP contribution in [0.3, 0.4) is 0 Å². The van der Waals surface area contributed by atoms with Crippen molar-refractivity contribution in [3.63, 3.8) is 0 Å². The third-order valence-electron chi connectivity index (χ3n) is 11.0. The maximum absolute atomic E-state index is 14.9. The lowest BCUT2D eigenvalue weighted by atomic mass is 9.81. The molecule has 54 heavy (non-hydrogen) atoms. The molecule has 14 heteroatoms. The molecule has 2 aliphatic carbocycles. The summed E-state index contributed by atoms with van der Waals surface area (Å²) < 4.78 is 14.9. The van der Waals surface area contributed by atoms with Gasteiger partial charge in [-0.3, -0.25) is 14.4 Å². The number of aryl methyl sites for hydroxylation is 1. The molecule has 1 heterocycles. The normalized spacial score (nSPS) is 20.4. The van der Waals surface area contributed by atoms with E-state index < -0.39 is 17.8 Å². The van der Waals surface area contributed by atoms with Gasteiger partial charge in [0.15, 0.2) is 0 Å². The average molecular weight is 760 g/mol. The molecule has 0 aliphatic heterocycles. The molecule has 0 unspecified atom stereocenters. The van der Waals surface area contributed by atoms with Crippen molar-refractivity contribution >= 4 is 35.8 Å². The van der Waals surface area contributed by atoms with Crippen LogP contribution in [0.5, 0.6) is 0 Å². The first-order valence-corrected chi connectivity index (χ1v) is 18.6. The molecule has 4 aromatic rings. The van der Waals surface area contributed by atoms with Crippen molar-refractivity contribution in [3.8, 4) is 22.5 Å². The van der Waals surface area contributed by atoms with E-state index in [0.717, 1.165) is 73.6 Å². The Bertz CT molecular complexity index is 1870. The number of anilines is 1. The highest BCUT2D eigenvalue weighted by Gasteiger charge is 2.30. The molecule has 6 N–H and O–H groups in total. The number of benzene rings is 3. The predicted molar refractivity (Wildman–Crippen MR) is 209 cm³/mol. The summed E-state index contributed by atoms with van der Waals surface area (Å²) >= 11 is 0. The van der Waals surface area contributed by atoms with Crippen molar-refractivity contribution in [3.05, 3.63) is 83.2 Å². The quantitative estimate of drug-likeness (QED) is 0.127. The highest BCUT2D eigenvalue weighted by atomic mass is 35.5. The van der Waals surface area contributed by atoms with Gasteiger partial charge in [0, 0.05) is 35.7 Å². The average Bonchev–Trinajstić information content (AvgIpc) is 3.70. The predicted octanol–water partition coefficient (Wildman–Crippen LogP) is 5.44. The van der Waals surface area contributed by atoms with E-state index in [2.05, 4.69) is 55.6 Å². The van der Waals surface area contributed by atoms with Crippen LogP contribution in [0.4, 0.5) is 10.1 Å². The van der Waals surface area contributed by atoms with Crippen molar-refractivity contribution < 1.29 is 18.8 Å². The zero-order valence-electron chi connectivity index (χ0n) is 31.1. The lowest BCUT2D eigenvalue weighted by Crippen LogP contribution is -2.48. The molecule has 0 saturated heterocycles. The van der Waals surface area contributed by atoms with E-state index in [0.29, 0.717) is 24.1 Å². The number of aromatic amines is 1. The van der Waals surface area contributed by atoms with Crippen molar-refractivity contribution in [2.45, 2.75) is 82.8 Å². The van der Waals surface area contributed by atoms with Crippen molar-refractivity contribution in [2.75, 3.05) is 26.0 Å². The number of nitrogens with two attached hydrogens (primary N) is 1. The number of carbonyl (C=O) groups excluding carboxylic acids is 3. The number of hydrogen-bond acceptors (Lipinski definition) is 8. The van der Waals surface area contributed by atoms with Crippen LogP contribution in [-0.4, -0.2) is 82.0 Å². The first-order valence-electron chi connectivity index (χ1n) is 18.6. The van der Waals surface area contributed by atoms with E-state index in [-0.39, 0.29) is 59.7 Å². The number of tetrazole rings is 1. The lowest BCUT2D eigenvalue weighted by molar-refractivity contribution is -0.130. The minimum atomic E-state index is -0.905. The molecular formula is C40H51ClFN9O3. The number of halogens is 2. The summed E-state index contributed by atoms with van der Waals surface area (Å²) in [5.74, 6) is -0.984. The molecule has 0 spiro atoms. The lowest BCUT2D eigenvalue weighted by Gasteiger charge is -2.33. The minimum absolute atomic E-state index is 0. The van der Waals surface area contributed by atoms with Gasteiger partial charge in [-0.1, -0.05) is 30.3 Å². The molecule has 1 aromatic heterocycles. The first kappa shape index (κ1) is 40.5. The molecule has 2 saturated carbocycles. The highest BCUT2D eigenvalue weighted by Crippen LogP contribution is 2.30. The molecule has 0 bridgehead atoms. The molecule has 0 radical (unpaired) electrons.